The number of carboxylic acid groups (broad SMARTS) is 1. The van der Waals surface area contributed by atoms with E-state index in [0.717, 1.165) is 22.3 Å². The molecule has 3 aromatic rings. The van der Waals surface area contributed by atoms with Crippen LogP contribution in [0.1, 0.15) is 21.5 Å². The molecule has 0 spiro atoms. The van der Waals surface area contributed by atoms with Gasteiger partial charge in [0.25, 0.3) is 0 Å². The van der Waals surface area contributed by atoms with Crippen LogP contribution in [0.5, 0.6) is 5.75 Å². The third kappa shape index (κ3) is 4.84. The second-order valence-corrected chi connectivity index (χ2v) is 6.98. The van der Waals surface area contributed by atoms with Crippen LogP contribution < -0.4 is 4.74 Å². The van der Waals surface area contributed by atoms with Gasteiger partial charge in [-0.1, -0.05) is 47.5 Å². The van der Waals surface area contributed by atoms with Crippen LogP contribution in [0.4, 0.5) is 0 Å². The van der Waals surface area contributed by atoms with Crippen LogP contribution >= 0.6 is 23.2 Å². The Bertz CT molecular complexity index is 1000. The molecule has 0 fully saturated rings. The maximum atomic E-state index is 11.2. The summed E-state index contributed by atoms with van der Waals surface area (Å²) in [6.07, 6.45) is 0. The van der Waals surface area contributed by atoms with E-state index in [4.69, 9.17) is 32.7 Å². The Balaban J connectivity index is 1.79. The lowest BCUT2D eigenvalue weighted by Crippen LogP contribution is -1.99. The number of carboxylic acids is 1. The highest BCUT2D eigenvalue weighted by molar-refractivity contribution is 6.35. The van der Waals surface area contributed by atoms with Crippen molar-refractivity contribution in [1.82, 2.24) is 0 Å². The molecule has 0 heterocycles. The van der Waals surface area contributed by atoms with E-state index in [-0.39, 0.29) is 5.56 Å². The molecule has 0 aromatic heterocycles. The maximum absolute atomic E-state index is 11.2. The number of carbonyl (C=O) groups is 1. The first-order valence-electron chi connectivity index (χ1n) is 8.50. The van der Waals surface area contributed by atoms with Gasteiger partial charge in [0.15, 0.2) is 0 Å². The summed E-state index contributed by atoms with van der Waals surface area (Å²) < 4.78 is 11.2. The Labute approximate surface area is 173 Å². The van der Waals surface area contributed by atoms with E-state index in [9.17, 15) is 9.90 Å². The van der Waals surface area contributed by atoms with Gasteiger partial charge in [-0.15, -0.1) is 0 Å². The van der Waals surface area contributed by atoms with Gasteiger partial charge in [-0.3, -0.25) is 0 Å². The number of ether oxygens (including phenoxy) is 2. The van der Waals surface area contributed by atoms with Gasteiger partial charge in [-0.2, -0.15) is 0 Å². The van der Waals surface area contributed by atoms with Gasteiger partial charge in [-0.25, -0.2) is 4.79 Å². The van der Waals surface area contributed by atoms with Gasteiger partial charge in [0.2, 0.25) is 0 Å². The molecule has 0 bridgehead atoms. The van der Waals surface area contributed by atoms with Gasteiger partial charge in [0.05, 0.1) is 25.9 Å². The molecule has 4 nitrogen and oxygen atoms in total. The predicted molar refractivity (Wildman–Crippen MR) is 110 cm³/mol. The highest BCUT2D eigenvalue weighted by Gasteiger charge is 2.10. The summed E-state index contributed by atoms with van der Waals surface area (Å²) in [6.45, 7) is 0.645. The first-order valence-corrected chi connectivity index (χ1v) is 9.26. The Morgan fingerprint density at radius 2 is 1.68 bits per heavy atom. The van der Waals surface area contributed by atoms with Gasteiger partial charge < -0.3 is 14.6 Å². The summed E-state index contributed by atoms with van der Waals surface area (Å²) in [5.41, 5.74) is 3.63. The summed E-state index contributed by atoms with van der Waals surface area (Å²) in [6, 6.07) is 17.7. The van der Waals surface area contributed by atoms with Gasteiger partial charge in [0.1, 0.15) is 5.75 Å². The van der Waals surface area contributed by atoms with Crippen molar-refractivity contribution in [2.24, 2.45) is 0 Å². The zero-order valence-corrected chi connectivity index (χ0v) is 16.6. The monoisotopic (exact) mass is 416 g/mol. The maximum Gasteiger partial charge on any atom is 0.335 e. The Morgan fingerprint density at radius 3 is 2.39 bits per heavy atom. The van der Waals surface area contributed by atoms with Crippen LogP contribution in [0.3, 0.4) is 0 Å². The van der Waals surface area contributed by atoms with Crippen molar-refractivity contribution in [3.8, 4) is 16.9 Å². The number of aromatic carboxylic acids is 1. The van der Waals surface area contributed by atoms with E-state index in [1.807, 2.05) is 30.3 Å². The van der Waals surface area contributed by atoms with Crippen LogP contribution in [0.25, 0.3) is 11.1 Å². The molecule has 6 heteroatoms. The van der Waals surface area contributed by atoms with E-state index in [2.05, 4.69) is 0 Å². The molecule has 0 saturated carbocycles. The van der Waals surface area contributed by atoms with Crippen molar-refractivity contribution in [3.05, 3.63) is 87.4 Å². The van der Waals surface area contributed by atoms with Crippen molar-refractivity contribution >= 4 is 29.2 Å². The Hall–Kier alpha value is -2.53. The molecule has 0 saturated heterocycles. The smallest absolute Gasteiger partial charge is 0.335 e. The highest BCUT2D eigenvalue weighted by atomic mass is 35.5. The Morgan fingerprint density at radius 1 is 0.929 bits per heavy atom. The molecule has 0 atom stereocenters. The lowest BCUT2D eigenvalue weighted by atomic mass is 10.0. The summed E-state index contributed by atoms with van der Waals surface area (Å²) in [7, 11) is 1.60. The Kier molecular flexibility index (Phi) is 6.57. The number of halogens is 2. The molecule has 0 aliphatic carbocycles. The average molecular weight is 417 g/mol. The van der Waals surface area contributed by atoms with Crippen LogP contribution in [-0.4, -0.2) is 18.2 Å². The number of benzene rings is 3. The molecule has 0 aliphatic rings. The van der Waals surface area contributed by atoms with E-state index in [1.165, 1.54) is 0 Å². The first kappa shape index (κ1) is 20.2. The van der Waals surface area contributed by atoms with Crippen LogP contribution in [0, 0.1) is 0 Å². The molecule has 0 radical (unpaired) electrons. The minimum Gasteiger partial charge on any atom is -0.496 e. The molecule has 144 valence electrons. The quantitative estimate of drug-likeness (QED) is 0.506. The average Bonchev–Trinajstić information content (AvgIpc) is 2.69. The summed E-state index contributed by atoms with van der Waals surface area (Å²) in [4.78, 5) is 11.2. The number of methoxy groups -OCH3 is 1. The number of hydrogen-bond acceptors (Lipinski definition) is 3. The van der Waals surface area contributed by atoms with Crippen LogP contribution in [-0.2, 0) is 18.0 Å². The minimum atomic E-state index is -0.959. The SMILES string of the molecule is COc1ccc(-c2cccc(C(=O)O)c2)cc1COCc1ccc(Cl)cc1Cl. The van der Waals surface area contributed by atoms with Crippen molar-refractivity contribution in [2.45, 2.75) is 13.2 Å². The molecule has 0 amide bonds. The zero-order valence-electron chi connectivity index (χ0n) is 15.1. The molecule has 0 unspecified atom stereocenters. The molecular weight excluding hydrogens is 399 g/mol. The topological polar surface area (TPSA) is 55.8 Å². The standard InChI is InChI=1S/C22H18Cl2O4/c1-27-21-8-6-15(14-3-2-4-16(9-14)22(25)26)10-18(21)13-28-12-17-5-7-19(23)11-20(17)24/h2-11H,12-13H2,1H3,(H,25,26). The molecule has 0 aliphatic heterocycles. The molecule has 28 heavy (non-hydrogen) atoms. The second kappa shape index (κ2) is 9.11. The lowest BCUT2D eigenvalue weighted by molar-refractivity contribution is 0.0697. The second-order valence-electron chi connectivity index (χ2n) is 6.14. The normalized spacial score (nSPS) is 10.7. The van der Waals surface area contributed by atoms with Crippen molar-refractivity contribution in [2.75, 3.05) is 7.11 Å². The zero-order chi connectivity index (χ0) is 20.1. The fourth-order valence-electron chi connectivity index (χ4n) is 2.81. The van der Waals surface area contributed by atoms with E-state index >= 15 is 0 Å². The fourth-order valence-corrected chi connectivity index (χ4v) is 3.28. The first-order chi connectivity index (χ1) is 13.5. The molecule has 3 aromatic carbocycles. The van der Waals surface area contributed by atoms with Crippen molar-refractivity contribution < 1.29 is 19.4 Å². The third-order valence-electron chi connectivity index (χ3n) is 4.25. The van der Waals surface area contributed by atoms with E-state index < -0.39 is 5.97 Å². The predicted octanol–water partition coefficient (Wildman–Crippen LogP) is 6.08. The summed E-state index contributed by atoms with van der Waals surface area (Å²) >= 11 is 12.1. The van der Waals surface area contributed by atoms with E-state index in [1.54, 1.807) is 37.4 Å². The molecular formula is C22H18Cl2O4. The van der Waals surface area contributed by atoms with Gasteiger partial charge >= 0.3 is 5.97 Å². The lowest BCUT2D eigenvalue weighted by Gasteiger charge is -2.12. The molecule has 1 N–H and O–H groups in total. The highest BCUT2D eigenvalue weighted by Crippen LogP contribution is 2.29. The molecule has 3 rings (SSSR count). The van der Waals surface area contributed by atoms with Crippen LogP contribution in [0.15, 0.2) is 60.7 Å². The van der Waals surface area contributed by atoms with Gasteiger partial charge in [-0.05, 0) is 53.1 Å². The summed E-state index contributed by atoms with van der Waals surface area (Å²) in [5, 5.41) is 10.3. The third-order valence-corrected chi connectivity index (χ3v) is 4.84. The minimum absolute atomic E-state index is 0.239. The van der Waals surface area contributed by atoms with Crippen molar-refractivity contribution in [1.29, 1.82) is 0 Å². The number of rotatable bonds is 7. The largest absolute Gasteiger partial charge is 0.496 e. The van der Waals surface area contributed by atoms with Gasteiger partial charge in [0, 0.05) is 15.6 Å². The number of hydrogen-bond donors (Lipinski definition) is 1. The van der Waals surface area contributed by atoms with E-state index in [0.29, 0.717) is 29.0 Å². The van der Waals surface area contributed by atoms with Crippen LogP contribution in [0.2, 0.25) is 10.0 Å². The summed E-state index contributed by atoms with van der Waals surface area (Å²) in [5.74, 6) is -0.265. The van der Waals surface area contributed by atoms with Crippen molar-refractivity contribution in [3.63, 3.8) is 0 Å². The fraction of sp³-hybridized carbons (Fsp3) is 0.136.